The van der Waals surface area contributed by atoms with Crippen molar-refractivity contribution >= 4 is 17.5 Å². The smallest absolute Gasteiger partial charge is 0.262 e. The van der Waals surface area contributed by atoms with E-state index in [0.29, 0.717) is 23.5 Å². The zero-order valence-electron chi connectivity index (χ0n) is 13.1. The maximum Gasteiger partial charge on any atom is 0.262 e. The van der Waals surface area contributed by atoms with Crippen LogP contribution in [0.4, 0.5) is 5.69 Å². The van der Waals surface area contributed by atoms with E-state index in [1.165, 1.54) is 0 Å². The van der Waals surface area contributed by atoms with E-state index in [2.05, 4.69) is 15.6 Å². The predicted molar refractivity (Wildman–Crippen MR) is 87.5 cm³/mol. The quantitative estimate of drug-likeness (QED) is 0.856. The molecule has 1 aromatic carbocycles. The summed E-state index contributed by atoms with van der Waals surface area (Å²) in [7, 11) is 0. The zero-order chi connectivity index (χ0) is 16.7. The summed E-state index contributed by atoms with van der Waals surface area (Å²) in [5, 5.41) is 5.41. The molecule has 0 aliphatic heterocycles. The summed E-state index contributed by atoms with van der Waals surface area (Å²) >= 11 is 0. The van der Waals surface area contributed by atoms with Crippen molar-refractivity contribution in [2.24, 2.45) is 0 Å². The minimum Gasteiger partial charge on any atom is -0.482 e. The number of benzene rings is 1. The molecular weight excluding hydrogens is 294 g/mol. The molecular formula is C17H19N3O3. The number of pyridine rings is 1. The van der Waals surface area contributed by atoms with Gasteiger partial charge in [-0.3, -0.25) is 14.6 Å². The van der Waals surface area contributed by atoms with Crippen LogP contribution in [0.1, 0.15) is 23.0 Å². The normalized spacial score (nSPS) is 10.0. The minimum atomic E-state index is -0.307. The molecule has 0 unspecified atom stereocenters. The summed E-state index contributed by atoms with van der Waals surface area (Å²) in [5.41, 5.74) is 1.92. The Morgan fingerprint density at radius 3 is 2.74 bits per heavy atom. The SMILES string of the molecule is CCNC(=O)c1cccc(NC(=O)COc2ccc(C)nc2)c1. The third-order valence-electron chi connectivity index (χ3n) is 3.00. The first kappa shape index (κ1) is 16.5. The number of rotatable bonds is 6. The molecule has 0 aliphatic rings. The van der Waals surface area contributed by atoms with Crippen LogP contribution in [0, 0.1) is 6.92 Å². The molecule has 2 amide bonds. The van der Waals surface area contributed by atoms with Crippen molar-refractivity contribution in [3.05, 3.63) is 53.9 Å². The number of hydrogen-bond donors (Lipinski definition) is 2. The lowest BCUT2D eigenvalue weighted by Gasteiger charge is -2.09. The van der Waals surface area contributed by atoms with Crippen LogP contribution in [0.15, 0.2) is 42.6 Å². The largest absolute Gasteiger partial charge is 0.482 e. The summed E-state index contributed by atoms with van der Waals surface area (Å²) in [5.74, 6) is 0.0472. The second kappa shape index (κ2) is 7.93. The second-order valence-corrected chi connectivity index (χ2v) is 4.91. The summed E-state index contributed by atoms with van der Waals surface area (Å²) < 4.78 is 5.36. The summed E-state index contributed by atoms with van der Waals surface area (Å²) in [6.45, 7) is 4.14. The lowest BCUT2D eigenvalue weighted by Crippen LogP contribution is -2.23. The minimum absolute atomic E-state index is 0.129. The van der Waals surface area contributed by atoms with Gasteiger partial charge >= 0.3 is 0 Å². The molecule has 0 atom stereocenters. The van der Waals surface area contributed by atoms with Gasteiger partial charge in [0, 0.05) is 23.5 Å². The van der Waals surface area contributed by atoms with E-state index in [1.54, 1.807) is 36.5 Å². The van der Waals surface area contributed by atoms with Crippen LogP contribution in [0.25, 0.3) is 0 Å². The lowest BCUT2D eigenvalue weighted by atomic mass is 10.2. The summed E-state index contributed by atoms with van der Waals surface area (Å²) in [6, 6.07) is 10.3. The molecule has 0 bridgehead atoms. The Bertz CT molecular complexity index is 684. The van der Waals surface area contributed by atoms with Crippen LogP contribution in [0.3, 0.4) is 0 Å². The Kier molecular flexibility index (Phi) is 5.68. The van der Waals surface area contributed by atoms with Crippen LogP contribution >= 0.6 is 0 Å². The summed E-state index contributed by atoms with van der Waals surface area (Å²) in [4.78, 5) is 27.8. The van der Waals surface area contributed by atoms with Gasteiger partial charge in [0.15, 0.2) is 6.61 Å². The van der Waals surface area contributed by atoms with Gasteiger partial charge in [-0.1, -0.05) is 6.07 Å². The standard InChI is InChI=1S/C17H19N3O3/c1-3-18-17(22)13-5-4-6-14(9-13)20-16(21)11-23-15-8-7-12(2)19-10-15/h4-10H,3,11H2,1-2H3,(H,18,22)(H,20,21). The number of nitrogens with zero attached hydrogens (tertiary/aromatic N) is 1. The van der Waals surface area contributed by atoms with Crippen LogP contribution in [-0.2, 0) is 4.79 Å². The van der Waals surface area contributed by atoms with Crippen LogP contribution < -0.4 is 15.4 Å². The van der Waals surface area contributed by atoms with Crippen molar-refractivity contribution in [2.45, 2.75) is 13.8 Å². The first-order valence-corrected chi connectivity index (χ1v) is 7.32. The number of ether oxygens (including phenoxy) is 1. The maximum absolute atomic E-state index is 11.9. The highest BCUT2D eigenvalue weighted by molar-refractivity contribution is 5.97. The first-order valence-electron chi connectivity index (χ1n) is 7.32. The molecule has 1 heterocycles. The molecule has 0 radical (unpaired) electrons. The van der Waals surface area contributed by atoms with Crippen molar-refractivity contribution in [3.63, 3.8) is 0 Å². The topological polar surface area (TPSA) is 80.3 Å². The van der Waals surface area contributed by atoms with Crippen LogP contribution in [0.2, 0.25) is 0 Å². The molecule has 2 N–H and O–H groups in total. The number of carbonyl (C=O) groups is 2. The van der Waals surface area contributed by atoms with E-state index in [9.17, 15) is 9.59 Å². The fourth-order valence-corrected chi connectivity index (χ4v) is 1.89. The molecule has 6 nitrogen and oxygen atoms in total. The Balaban J connectivity index is 1.91. The Morgan fingerprint density at radius 2 is 2.04 bits per heavy atom. The molecule has 2 aromatic rings. The highest BCUT2D eigenvalue weighted by Crippen LogP contribution is 2.12. The van der Waals surface area contributed by atoms with Gasteiger partial charge in [-0.15, -0.1) is 0 Å². The zero-order valence-corrected chi connectivity index (χ0v) is 13.1. The van der Waals surface area contributed by atoms with Crippen molar-refractivity contribution in [2.75, 3.05) is 18.5 Å². The average Bonchev–Trinajstić information content (AvgIpc) is 2.55. The number of aromatic nitrogens is 1. The van der Waals surface area contributed by atoms with Gasteiger partial charge in [-0.05, 0) is 44.2 Å². The van der Waals surface area contributed by atoms with Crippen LogP contribution in [0.5, 0.6) is 5.75 Å². The average molecular weight is 313 g/mol. The molecule has 0 saturated carbocycles. The van der Waals surface area contributed by atoms with E-state index in [1.807, 2.05) is 19.9 Å². The Labute approximate surface area is 134 Å². The highest BCUT2D eigenvalue weighted by atomic mass is 16.5. The van der Waals surface area contributed by atoms with E-state index < -0.39 is 0 Å². The van der Waals surface area contributed by atoms with Gasteiger partial charge in [0.2, 0.25) is 0 Å². The number of aryl methyl sites for hydroxylation is 1. The molecule has 0 spiro atoms. The molecule has 0 aliphatic carbocycles. The molecule has 23 heavy (non-hydrogen) atoms. The lowest BCUT2D eigenvalue weighted by molar-refractivity contribution is -0.118. The van der Waals surface area contributed by atoms with Crippen molar-refractivity contribution in [1.82, 2.24) is 10.3 Å². The van der Waals surface area contributed by atoms with Gasteiger partial charge in [0.05, 0.1) is 6.20 Å². The molecule has 0 fully saturated rings. The van der Waals surface area contributed by atoms with E-state index in [-0.39, 0.29) is 18.4 Å². The number of anilines is 1. The second-order valence-electron chi connectivity index (χ2n) is 4.91. The summed E-state index contributed by atoms with van der Waals surface area (Å²) in [6.07, 6.45) is 1.57. The predicted octanol–water partition coefficient (Wildman–Crippen LogP) is 2.16. The molecule has 0 saturated heterocycles. The van der Waals surface area contributed by atoms with Crippen molar-refractivity contribution in [1.29, 1.82) is 0 Å². The number of amides is 2. The molecule has 6 heteroatoms. The van der Waals surface area contributed by atoms with Gasteiger partial charge in [0.25, 0.3) is 11.8 Å². The third kappa shape index (κ3) is 5.10. The highest BCUT2D eigenvalue weighted by Gasteiger charge is 2.08. The Morgan fingerprint density at radius 1 is 1.22 bits per heavy atom. The maximum atomic E-state index is 11.9. The van der Waals surface area contributed by atoms with Gasteiger partial charge in [0.1, 0.15) is 5.75 Å². The van der Waals surface area contributed by atoms with Gasteiger partial charge in [-0.2, -0.15) is 0 Å². The Hall–Kier alpha value is -2.89. The van der Waals surface area contributed by atoms with Gasteiger partial charge in [-0.25, -0.2) is 0 Å². The van der Waals surface area contributed by atoms with Gasteiger partial charge < -0.3 is 15.4 Å². The van der Waals surface area contributed by atoms with Crippen molar-refractivity contribution < 1.29 is 14.3 Å². The molecule has 120 valence electrons. The number of carbonyl (C=O) groups excluding carboxylic acids is 2. The van der Waals surface area contributed by atoms with E-state index in [4.69, 9.17) is 4.74 Å². The third-order valence-corrected chi connectivity index (χ3v) is 3.00. The fourth-order valence-electron chi connectivity index (χ4n) is 1.89. The number of nitrogens with one attached hydrogen (secondary N) is 2. The van der Waals surface area contributed by atoms with Crippen LogP contribution in [-0.4, -0.2) is 29.9 Å². The molecule has 1 aromatic heterocycles. The van der Waals surface area contributed by atoms with Crippen molar-refractivity contribution in [3.8, 4) is 5.75 Å². The van der Waals surface area contributed by atoms with E-state index >= 15 is 0 Å². The molecule has 2 rings (SSSR count). The fraction of sp³-hybridized carbons (Fsp3) is 0.235. The number of hydrogen-bond acceptors (Lipinski definition) is 4. The first-order chi connectivity index (χ1) is 11.1. The van der Waals surface area contributed by atoms with E-state index in [0.717, 1.165) is 5.69 Å². The monoisotopic (exact) mass is 313 g/mol.